The number of rotatable bonds is 1. The molecule has 2 heterocycles. The van der Waals surface area contributed by atoms with Crippen molar-refractivity contribution in [3.05, 3.63) is 35.8 Å². The second-order valence-electron chi connectivity index (χ2n) is 4.38. The van der Waals surface area contributed by atoms with Gasteiger partial charge in [-0.2, -0.15) is 0 Å². The zero-order valence-corrected chi connectivity index (χ0v) is 9.02. The van der Waals surface area contributed by atoms with E-state index in [0.717, 1.165) is 42.4 Å². The summed E-state index contributed by atoms with van der Waals surface area (Å²) in [7, 11) is 0. The summed E-state index contributed by atoms with van der Waals surface area (Å²) < 4.78 is 13.2. The van der Waals surface area contributed by atoms with E-state index in [0.29, 0.717) is 5.92 Å². The van der Waals surface area contributed by atoms with Crippen molar-refractivity contribution < 1.29 is 4.39 Å². The van der Waals surface area contributed by atoms with Gasteiger partial charge < -0.3 is 10.3 Å². The number of halogens is 1. The lowest BCUT2D eigenvalue weighted by molar-refractivity contribution is 0.462. The first-order valence-corrected chi connectivity index (χ1v) is 5.74. The van der Waals surface area contributed by atoms with Crippen LogP contribution in [-0.2, 0) is 0 Å². The van der Waals surface area contributed by atoms with Gasteiger partial charge in [0.2, 0.25) is 0 Å². The number of benzene rings is 1. The van der Waals surface area contributed by atoms with Crippen LogP contribution in [0.2, 0.25) is 0 Å². The molecule has 2 nitrogen and oxygen atoms in total. The number of hydrogen-bond acceptors (Lipinski definition) is 1. The van der Waals surface area contributed by atoms with Gasteiger partial charge in [0.1, 0.15) is 5.82 Å². The van der Waals surface area contributed by atoms with Gasteiger partial charge in [-0.3, -0.25) is 0 Å². The second kappa shape index (κ2) is 3.91. The van der Waals surface area contributed by atoms with E-state index in [4.69, 9.17) is 0 Å². The first-order chi connectivity index (χ1) is 7.84. The van der Waals surface area contributed by atoms with Crippen LogP contribution in [0.4, 0.5) is 4.39 Å². The lowest BCUT2D eigenvalue weighted by Crippen LogP contribution is -2.26. The fraction of sp³-hybridized carbons (Fsp3) is 0.385. The molecule has 1 aliphatic rings. The fourth-order valence-corrected chi connectivity index (χ4v) is 2.48. The van der Waals surface area contributed by atoms with Crippen molar-refractivity contribution in [1.29, 1.82) is 0 Å². The van der Waals surface area contributed by atoms with E-state index in [1.807, 2.05) is 0 Å². The summed E-state index contributed by atoms with van der Waals surface area (Å²) in [6.07, 6.45) is 5.41. The average molecular weight is 217 g/mol. The monoisotopic (exact) mass is 217 g/mol. The van der Waals surface area contributed by atoms with Gasteiger partial charge in [0, 0.05) is 10.9 Å². The van der Waals surface area contributed by atoms with E-state index in [1.54, 1.807) is 12.1 Å². The quantitative estimate of drug-likeness (QED) is 0.755. The molecule has 1 saturated heterocycles. The molecule has 2 N–H and O–H groups in total. The largest absolute Gasteiger partial charge is 0.353 e. The van der Waals surface area contributed by atoms with E-state index in [9.17, 15) is 4.39 Å². The molecule has 0 atom stereocenters. The number of piperidine rings is 1. The minimum absolute atomic E-state index is 0.171. The highest BCUT2D eigenvalue weighted by atomic mass is 19.1. The number of H-pyrrole nitrogens is 1. The third kappa shape index (κ3) is 1.61. The Labute approximate surface area is 93.9 Å². The summed E-state index contributed by atoms with van der Waals surface area (Å²) in [6.45, 7) is 2.08. The summed E-state index contributed by atoms with van der Waals surface area (Å²) in [5.41, 5.74) is 2.13. The number of fused-ring (bicyclic) bond motifs is 1. The third-order valence-corrected chi connectivity index (χ3v) is 3.35. The lowest BCUT2D eigenvalue weighted by atomic mass is 9.90. The molecule has 0 amide bonds. The van der Waals surface area contributed by atoms with E-state index in [1.165, 1.54) is 6.07 Å². The molecule has 1 aromatic carbocycles. The molecule has 2 aromatic rings. The Balaban J connectivity index is 2.05. The highest BCUT2D eigenvalue weighted by molar-refractivity contribution is 5.83. The molecule has 83 valence electrons. The molecule has 3 rings (SSSR count). The molecule has 3 heteroatoms. The van der Waals surface area contributed by atoms with E-state index >= 15 is 0 Å². The number of aromatic amines is 1. The molecular formula is C13H14FN2. The molecule has 1 fully saturated rings. The van der Waals surface area contributed by atoms with Gasteiger partial charge in [0.25, 0.3) is 0 Å². The lowest BCUT2D eigenvalue weighted by Gasteiger charge is -2.21. The van der Waals surface area contributed by atoms with Crippen molar-refractivity contribution in [2.45, 2.75) is 18.8 Å². The molecule has 0 saturated carbocycles. The summed E-state index contributed by atoms with van der Waals surface area (Å²) in [5, 5.41) is 4.33. The minimum Gasteiger partial charge on any atom is -0.353 e. The Morgan fingerprint density at radius 1 is 1.25 bits per heavy atom. The predicted octanol–water partition coefficient (Wildman–Crippen LogP) is 2.57. The van der Waals surface area contributed by atoms with Crippen LogP contribution >= 0.6 is 0 Å². The summed E-state index contributed by atoms with van der Waals surface area (Å²) in [5.74, 6) is 0.340. The van der Waals surface area contributed by atoms with Crippen LogP contribution in [-0.4, -0.2) is 18.1 Å². The topological polar surface area (TPSA) is 27.8 Å². The van der Waals surface area contributed by atoms with Gasteiger partial charge in [-0.05, 0) is 55.6 Å². The maximum absolute atomic E-state index is 13.2. The van der Waals surface area contributed by atoms with Crippen molar-refractivity contribution in [1.82, 2.24) is 10.3 Å². The summed E-state index contributed by atoms with van der Waals surface area (Å²) >= 11 is 0. The van der Waals surface area contributed by atoms with Crippen LogP contribution in [0.3, 0.4) is 0 Å². The molecule has 1 aromatic heterocycles. The zero-order valence-electron chi connectivity index (χ0n) is 9.02. The van der Waals surface area contributed by atoms with Gasteiger partial charge in [-0.15, -0.1) is 0 Å². The SMILES string of the molecule is Fc1ccc2[nH][c]c(C3CCNCC3)c2c1. The molecule has 0 aliphatic carbocycles. The Morgan fingerprint density at radius 2 is 2.06 bits per heavy atom. The molecule has 0 spiro atoms. The van der Waals surface area contributed by atoms with Gasteiger partial charge in [0.05, 0.1) is 6.20 Å². The number of hydrogen-bond donors (Lipinski definition) is 2. The van der Waals surface area contributed by atoms with Crippen molar-refractivity contribution in [3.63, 3.8) is 0 Å². The van der Waals surface area contributed by atoms with Crippen LogP contribution in [0, 0.1) is 12.0 Å². The predicted molar refractivity (Wildman–Crippen MR) is 61.9 cm³/mol. The Kier molecular flexibility index (Phi) is 2.40. The van der Waals surface area contributed by atoms with Crippen molar-refractivity contribution in [3.8, 4) is 0 Å². The maximum Gasteiger partial charge on any atom is 0.123 e. The van der Waals surface area contributed by atoms with E-state index in [-0.39, 0.29) is 5.82 Å². The summed E-state index contributed by atoms with van der Waals surface area (Å²) in [4.78, 5) is 3.10. The normalized spacial score (nSPS) is 18.1. The van der Waals surface area contributed by atoms with Gasteiger partial charge >= 0.3 is 0 Å². The molecular weight excluding hydrogens is 203 g/mol. The van der Waals surface area contributed by atoms with Crippen molar-refractivity contribution >= 4 is 10.9 Å². The van der Waals surface area contributed by atoms with Crippen LogP contribution in [0.5, 0.6) is 0 Å². The molecule has 1 aliphatic heterocycles. The minimum atomic E-state index is -0.171. The highest BCUT2D eigenvalue weighted by Gasteiger charge is 2.18. The maximum atomic E-state index is 13.2. The van der Waals surface area contributed by atoms with Crippen LogP contribution in [0.15, 0.2) is 18.2 Å². The first-order valence-electron chi connectivity index (χ1n) is 5.74. The van der Waals surface area contributed by atoms with Crippen molar-refractivity contribution in [2.24, 2.45) is 0 Å². The van der Waals surface area contributed by atoms with Crippen molar-refractivity contribution in [2.75, 3.05) is 13.1 Å². The van der Waals surface area contributed by atoms with Gasteiger partial charge in [-0.25, -0.2) is 4.39 Å². The molecule has 16 heavy (non-hydrogen) atoms. The van der Waals surface area contributed by atoms with Crippen LogP contribution < -0.4 is 5.32 Å². The van der Waals surface area contributed by atoms with Crippen LogP contribution in [0.25, 0.3) is 10.9 Å². The average Bonchev–Trinajstić information content (AvgIpc) is 2.73. The Hall–Kier alpha value is -1.35. The molecule has 0 bridgehead atoms. The second-order valence-corrected chi connectivity index (χ2v) is 4.38. The van der Waals surface area contributed by atoms with Crippen LogP contribution in [0.1, 0.15) is 24.3 Å². The van der Waals surface area contributed by atoms with Gasteiger partial charge in [0.15, 0.2) is 0 Å². The van der Waals surface area contributed by atoms with E-state index < -0.39 is 0 Å². The molecule has 0 unspecified atom stereocenters. The molecule has 1 radical (unpaired) electrons. The summed E-state index contributed by atoms with van der Waals surface area (Å²) in [6, 6.07) is 4.88. The smallest absolute Gasteiger partial charge is 0.123 e. The highest BCUT2D eigenvalue weighted by Crippen LogP contribution is 2.31. The third-order valence-electron chi connectivity index (χ3n) is 3.35. The standard InChI is InChI=1S/C13H14FN2/c14-10-1-2-13-11(7-10)12(8-16-13)9-3-5-15-6-4-9/h1-2,7,9,15-16H,3-6H2. The van der Waals surface area contributed by atoms with E-state index in [2.05, 4.69) is 16.5 Å². The number of aromatic nitrogens is 1. The Bertz CT molecular complexity index is 498. The number of nitrogens with one attached hydrogen (secondary N) is 2. The first kappa shape index (κ1) is 9.85. The van der Waals surface area contributed by atoms with Gasteiger partial charge in [-0.1, -0.05) is 0 Å². The fourth-order valence-electron chi connectivity index (χ4n) is 2.48. The Morgan fingerprint density at radius 3 is 2.88 bits per heavy atom. The zero-order chi connectivity index (χ0) is 11.0.